The van der Waals surface area contributed by atoms with Crippen molar-refractivity contribution in [3.8, 4) is 0 Å². The Kier molecular flexibility index (Phi) is 3.65. The Morgan fingerprint density at radius 1 is 1.07 bits per heavy atom. The summed E-state index contributed by atoms with van der Waals surface area (Å²) in [5, 5.41) is 5.41. The second-order valence-corrected chi connectivity index (χ2v) is 4.32. The molecule has 0 aliphatic rings. The van der Waals surface area contributed by atoms with Crippen LogP contribution in [0.5, 0.6) is 0 Å². The maximum atomic E-state index is 11.6. The average molecular weight is 201 g/mol. The van der Waals surface area contributed by atoms with Crippen LogP contribution in [0.25, 0.3) is 0 Å². The van der Waals surface area contributed by atoms with Crippen molar-refractivity contribution in [2.75, 3.05) is 7.05 Å². The van der Waals surface area contributed by atoms with Gasteiger partial charge in [-0.05, 0) is 34.7 Å². The van der Waals surface area contributed by atoms with Crippen molar-refractivity contribution in [1.82, 2.24) is 10.6 Å². The first-order valence-corrected chi connectivity index (χ1v) is 4.45. The van der Waals surface area contributed by atoms with Crippen molar-refractivity contribution >= 4 is 11.8 Å². The van der Waals surface area contributed by atoms with E-state index < -0.39 is 17.0 Å². The van der Waals surface area contributed by atoms with Crippen LogP contribution in [0.2, 0.25) is 0 Å². The van der Waals surface area contributed by atoms with Gasteiger partial charge >= 0.3 is 0 Å². The van der Waals surface area contributed by atoms with Crippen LogP contribution in [0.4, 0.5) is 0 Å². The van der Waals surface area contributed by atoms with E-state index in [9.17, 15) is 9.59 Å². The fourth-order valence-corrected chi connectivity index (χ4v) is 0.615. The monoisotopic (exact) mass is 201 g/mol. The summed E-state index contributed by atoms with van der Waals surface area (Å²) < 4.78 is 0. The van der Waals surface area contributed by atoms with Crippen LogP contribution in [0.1, 0.15) is 27.7 Å². The van der Waals surface area contributed by atoms with E-state index in [0.717, 1.165) is 0 Å². The Bertz CT molecular complexity index is 246. The van der Waals surface area contributed by atoms with E-state index in [1.165, 1.54) is 0 Å². The van der Waals surface area contributed by atoms with Gasteiger partial charge in [-0.15, -0.1) is 0 Å². The minimum absolute atomic E-state index is 0.260. The number of hydrogen-bond acceptors (Lipinski definition) is 3. The van der Waals surface area contributed by atoms with Crippen molar-refractivity contribution in [2.45, 2.75) is 38.8 Å². The topological polar surface area (TPSA) is 84.2 Å². The summed E-state index contributed by atoms with van der Waals surface area (Å²) in [7, 11) is 1.68. The minimum Gasteiger partial charge on any atom is -0.368 e. The van der Waals surface area contributed by atoms with Gasteiger partial charge in [0.25, 0.3) is 0 Å². The zero-order chi connectivity index (χ0) is 11.6. The lowest BCUT2D eigenvalue weighted by molar-refractivity contribution is -0.133. The molecule has 0 fully saturated rings. The second-order valence-electron chi connectivity index (χ2n) is 4.32. The Labute approximate surface area is 84.4 Å². The number of likely N-dealkylation sites (N-methyl/N-ethyl adjacent to an activating group) is 1. The van der Waals surface area contributed by atoms with Gasteiger partial charge in [-0.2, -0.15) is 0 Å². The molecule has 0 atom stereocenters. The number of nitrogens with two attached hydrogens (primary N) is 1. The molecule has 0 spiro atoms. The lowest BCUT2D eigenvalue weighted by Crippen LogP contribution is -2.60. The van der Waals surface area contributed by atoms with Crippen LogP contribution >= 0.6 is 0 Å². The molecule has 0 radical (unpaired) electrons. The summed E-state index contributed by atoms with van der Waals surface area (Å²) in [6, 6.07) is 0. The van der Waals surface area contributed by atoms with E-state index in [1.54, 1.807) is 34.7 Å². The number of amides is 2. The van der Waals surface area contributed by atoms with Crippen molar-refractivity contribution < 1.29 is 9.59 Å². The molecule has 0 aromatic rings. The number of primary amides is 1. The standard InChI is InChI=1S/C9H19N3O2/c1-8(2,6(10)13)12-7(14)9(3,4)11-5/h11H,1-5H3,(H2,10,13)(H,12,14). The first kappa shape index (κ1) is 12.9. The normalized spacial score (nSPS) is 12.4. The van der Waals surface area contributed by atoms with Crippen LogP contribution in [-0.4, -0.2) is 29.9 Å². The average Bonchev–Trinajstić information content (AvgIpc) is 2.03. The highest BCUT2D eigenvalue weighted by Crippen LogP contribution is 2.06. The van der Waals surface area contributed by atoms with E-state index in [-0.39, 0.29) is 5.91 Å². The molecule has 0 saturated carbocycles. The van der Waals surface area contributed by atoms with Crippen molar-refractivity contribution in [2.24, 2.45) is 5.73 Å². The van der Waals surface area contributed by atoms with E-state index in [0.29, 0.717) is 0 Å². The highest BCUT2D eigenvalue weighted by atomic mass is 16.2. The smallest absolute Gasteiger partial charge is 0.242 e. The highest BCUT2D eigenvalue weighted by Gasteiger charge is 2.33. The third-order valence-electron chi connectivity index (χ3n) is 2.23. The predicted octanol–water partition coefficient (Wildman–Crippen LogP) is -0.635. The molecule has 2 amide bonds. The molecular weight excluding hydrogens is 182 g/mol. The van der Waals surface area contributed by atoms with E-state index in [2.05, 4.69) is 10.6 Å². The minimum atomic E-state index is -1.02. The van der Waals surface area contributed by atoms with Gasteiger partial charge in [0.1, 0.15) is 5.54 Å². The first-order valence-electron chi connectivity index (χ1n) is 4.45. The Morgan fingerprint density at radius 2 is 1.50 bits per heavy atom. The van der Waals surface area contributed by atoms with Gasteiger partial charge in [0.15, 0.2) is 0 Å². The number of rotatable bonds is 4. The molecule has 0 bridgehead atoms. The summed E-state index contributed by atoms with van der Waals surface area (Å²) in [4.78, 5) is 22.6. The van der Waals surface area contributed by atoms with E-state index >= 15 is 0 Å². The third kappa shape index (κ3) is 2.99. The van der Waals surface area contributed by atoms with Gasteiger partial charge in [-0.1, -0.05) is 0 Å². The number of carbonyl (C=O) groups is 2. The predicted molar refractivity (Wildman–Crippen MR) is 54.6 cm³/mol. The largest absolute Gasteiger partial charge is 0.368 e. The Balaban J connectivity index is 4.56. The molecule has 0 aliphatic heterocycles. The van der Waals surface area contributed by atoms with Gasteiger partial charge in [0.05, 0.1) is 5.54 Å². The van der Waals surface area contributed by atoms with E-state index in [1.807, 2.05) is 0 Å². The van der Waals surface area contributed by atoms with Crippen LogP contribution in [0.3, 0.4) is 0 Å². The Morgan fingerprint density at radius 3 is 1.79 bits per heavy atom. The number of hydrogen-bond donors (Lipinski definition) is 3. The molecule has 0 aliphatic carbocycles. The molecule has 0 unspecified atom stereocenters. The number of nitrogens with one attached hydrogen (secondary N) is 2. The van der Waals surface area contributed by atoms with E-state index in [4.69, 9.17) is 5.73 Å². The first-order chi connectivity index (χ1) is 6.13. The fourth-order valence-electron chi connectivity index (χ4n) is 0.615. The van der Waals surface area contributed by atoms with Crippen molar-refractivity contribution in [1.29, 1.82) is 0 Å². The number of carbonyl (C=O) groups excluding carboxylic acids is 2. The van der Waals surface area contributed by atoms with Gasteiger partial charge in [0.2, 0.25) is 11.8 Å². The maximum Gasteiger partial charge on any atom is 0.242 e. The summed E-state index contributed by atoms with van der Waals surface area (Å²) in [5.74, 6) is -0.818. The maximum absolute atomic E-state index is 11.6. The highest BCUT2D eigenvalue weighted by molar-refractivity contribution is 5.93. The zero-order valence-corrected chi connectivity index (χ0v) is 9.39. The lowest BCUT2D eigenvalue weighted by atomic mass is 9.99. The quantitative estimate of drug-likeness (QED) is 0.566. The molecule has 0 aromatic carbocycles. The molecule has 0 rings (SSSR count). The second kappa shape index (κ2) is 3.96. The van der Waals surface area contributed by atoms with Gasteiger partial charge in [-0.3, -0.25) is 9.59 Å². The fraction of sp³-hybridized carbons (Fsp3) is 0.778. The molecule has 0 heterocycles. The van der Waals surface area contributed by atoms with Gasteiger partial charge in [-0.25, -0.2) is 0 Å². The summed E-state index contributed by atoms with van der Waals surface area (Å²) in [5.41, 5.74) is 3.39. The van der Waals surface area contributed by atoms with Gasteiger partial charge < -0.3 is 16.4 Å². The van der Waals surface area contributed by atoms with Crippen LogP contribution in [-0.2, 0) is 9.59 Å². The molecule has 0 saturated heterocycles. The summed E-state index contributed by atoms with van der Waals surface area (Å²) >= 11 is 0. The third-order valence-corrected chi connectivity index (χ3v) is 2.23. The van der Waals surface area contributed by atoms with Crippen LogP contribution < -0.4 is 16.4 Å². The Hall–Kier alpha value is -1.10. The van der Waals surface area contributed by atoms with Crippen LogP contribution in [0, 0.1) is 0 Å². The molecule has 82 valence electrons. The molecule has 5 nitrogen and oxygen atoms in total. The van der Waals surface area contributed by atoms with Gasteiger partial charge in [0, 0.05) is 0 Å². The zero-order valence-electron chi connectivity index (χ0n) is 9.39. The summed E-state index contributed by atoms with van der Waals surface area (Å²) in [6.07, 6.45) is 0. The summed E-state index contributed by atoms with van der Waals surface area (Å²) in [6.45, 7) is 6.58. The lowest BCUT2D eigenvalue weighted by Gasteiger charge is -2.29. The molecule has 5 heteroatoms. The molecule has 4 N–H and O–H groups in total. The van der Waals surface area contributed by atoms with Crippen molar-refractivity contribution in [3.05, 3.63) is 0 Å². The SMILES string of the molecule is CNC(C)(C)C(=O)NC(C)(C)C(N)=O. The van der Waals surface area contributed by atoms with Crippen LogP contribution in [0.15, 0.2) is 0 Å². The molecule has 0 aromatic heterocycles. The molecular formula is C9H19N3O2. The van der Waals surface area contributed by atoms with Crippen molar-refractivity contribution in [3.63, 3.8) is 0 Å². The molecule has 14 heavy (non-hydrogen) atoms.